The van der Waals surface area contributed by atoms with Crippen LogP contribution >= 0.6 is 0 Å². The SMILES string of the molecule is CC(C)[C@H](NC(=O)[C@H](Cc1ccccc1)NC(=O)[C@H](CO)NC(=O)[C@H](CCC(=O)O)NC(=O)[C@@H](N)CCC(=O)O)C(=O)O. The second-order valence-corrected chi connectivity index (χ2v) is 10.1. The highest BCUT2D eigenvalue weighted by Gasteiger charge is 2.32. The Morgan fingerprint density at radius 3 is 1.70 bits per heavy atom. The lowest BCUT2D eigenvalue weighted by Crippen LogP contribution is -2.60. The third-order valence-electron chi connectivity index (χ3n) is 6.25. The maximum Gasteiger partial charge on any atom is 0.326 e. The maximum absolute atomic E-state index is 13.1. The molecular formula is C27H39N5O11. The van der Waals surface area contributed by atoms with Gasteiger partial charge in [-0.3, -0.25) is 28.8 Å². The summed E-state index contributed by atoms with van der Waals surface area (Å²) in [5.74, 6) is -8.12. The van der Waals surface area contributed by atoms with Crippen molar-refractivity contribution in [2.75, 3.05) is 6.61 Å². The predicted octanol–water partition coefficient (Wildman–Crippen LogP) is -2.04. The van der Waals surface area contributed by atoms with Crippen LogP contribution in [0.2, 0.25) is 0 Å². The lowest BCUT2D eigenvalue weighted by atomic mass is 10.0. The molecule has 0 fully saturated rings. The van der Waals surface area contributed by atoms with Crippen molar-refractivity contribution in [3.8, 4) is 0 Å². The van der Waals surface area contributed by atoms with E-state index < -0.39 is 104 Å². The van der Waals surface area contributed by atoms with Crippen molar-refractivity contribution in [1.29, 1.82) is 0 Å². The summed E-state index contributed by atoms with van der Waals surface area (Å²) in [7, 11) is 0. The Kier molecular flexibility index (Phi) is 15.3. The van der Waals surface area contributed by atoms with E-state index in [4.69, 9.17) is 15.9 Å². The van der Waals surface area contributed by atoms with Crippen molar-refractivity contribution < 1.29 is 54.0 Å². The molecule has 1 aromatic rings. The van der Waals surface area contributed by atoms with Gasteiger partial charge in [-0.05, 0) is 24.3 Å². The van der Waals surface area contributed by atoms with Crippen LogP contribution in [0.15, 0.2) is 30.3 Å². The van der Waals surface area contributed by atoms with Crippen LogP contribution in [0.5, 0.6) is 0 Å². The molecular weight excluding hydrogens is 570 g/mol. The minimum atomic E-state index is -1.66. The Morgan fingerprint density at radius 2 is 1.19 bits per heavy atom. The second-order valence-electron chi connectivity index (χ2n) is 10.1. The zero-order valence-corrected chi connectivity index (χ0v) is 23.8. The molecule has 1 rings (SSSR count). The Balaban J connectivity index is 3.10. The number of carboxylic acids is 3. The number of carboxylic acid groups (broad SMARTS) is 3. The molecule has 0 saturated heterocycles. The van der Waals surface area contributed by atoms with Crippen LogP contribution < -0.4 is 27.0 Å². The number of aliphatic hydroxyl groups is 1. The van der Waals surface area contributed by atoms with Gasteiger partial charge in [0.1, 0.15) is 24.2 Å². The molecule has 16 heteroatoms. The molecule has 0 bridgehead atoms. The van der Waals surface area contributed by atoms with Crippen molar-refractivity contribution in [3.63, 3.8) is 0 Å². The molecule has 0 aliphatic rings. The molecule has 1 aromatic carbocycles. The fraction of sp³-hybridized carbons (Fsp3) is 0.519. The summed E-state index contributed by atoms with van der Waals surface area (Å²) in [6.07, 6.45) is -1.77. The number of rotatable bonds is 19. The predicted molar refractivity (Wildman–Crippen MR) is 149 cm³/mol. The number of carbonyl (C=O) groups is 7. The molecule has 4 amide bonds. The number of nitrogens with two attached hydrogens (primary N) is 1. The second kappa shape index (κ2) is 18.1. The maximum atomic E-state index is 13.1. The molecule has 0 radical (unpaired) electrons. The highest BCUT2D eigenvalue weighted by Crippen LogP contribution is 2.08. The number of amides is 4. The highest BCUT2D eigenvalue weighted by atomic mass is 16.4. The van der Waals surface area contributed by atoms with Gasteiger partial charge < -0.3 is 47.4 Å². The van der Waals surface area contributed by atoms with E-state index in [-0.39, 0.29) is 12.8 Å². The molecule has 5 atom stereocenters. The molecule has 238 valence electrons. The fourth-order valence-electron chi connectivity index (χ4n) is 3.79. The Labute approximate surface area is 247 Å². The quantitative estimate of drug-likeness (QED) is 0.0820. The monoisotopic (exact) mass is 609 g/mol. The molecule has 10 N–H and O–H groups in total. The van der Waals surface area contributed by atoms with Crippen LogP contribution in [0.3, 0.4) is 0 Å². The summed E-state index contributed by atoms with van der Waals surface area (Å²) in [6.45, 7) is 2.21. The molecule has 16 nitrogen and oxygen atoms in total. The summed E-state index contributed by atoms with van der Waals surface area (Å²) < 4.78 is 0. The summed E-state index contributed by atoms with van der Waals surface area (Å²) >= 11 is 0. The summed E-state index contributed by atoms with van der Waals surface area (Å²) in [4.78, 5) is 85.0. The highest BCUT2D eigenvalue weighted by molar-refractivity contribution is 5.95. The van der Waals surface area contributed by atoms with Gasteiger partial charge in [0.15, 0.2) is 0 Å². The Hall–Kier alpha value is -4.57. The van der Waals surface area contributed by atoms with Gasteiger partial charge in [0, 0.05) is 19.3 Å². The van der Waals surface area contributed by atoms with E-state index >= 15 is 0 Å². The molecule has 0 heterocycles. The Bertz CT molecular complexity index is 1150. The minimum Gasteiger partial charge on any atom is -0.481 e. The van der Waals surface area contributed by atoms with E-state index in [0.29, 0.717) is 5.56 Å². The Morgan fingerprint density at radius 1 is 0.698 bits per heavy atom. The van der Waals surface area contributed by atoms with Gasteiger partial charge in [-0.1, -0.05) is 44.2 Å². The van der Waals surface area contributed by atoms with Gasteiger partial charge in [0.05, 0.1) is 12.6 Å². The third kappa shape index (κ3) is 13.3. The average Bonchev–Trinajstić information content (AvgIpc) is 2.94. The zero-order valence-electron chi connectivity index (χ0n) is 23.8. The van der Waals surface area contributed by atoms with Crippen LogP contribution in [0.25, 0.3) is 0 Å². The van der Waals surface area contributed by atoms with Crippen LogP contribution in [-0.2, 0) is 40.0 Å². The van der Waals surface area contributed by atoms with Crippen molar-refractivity contribution in [2.24, 2.45) is 11.7 Å². The van der Waals surface area contributed by atoms with E-state index in [9.17, 15) is 43.8 Å². The van der Waals surface area contributed by atoms with Gasteiger partial charge in [-0.2, -0.15) is 0 Å². The topological polar surface area (TPSA) is 275 Å². The number of nitrogens with one attached hydrogen (secondary N) is 4. The van der Waals surface area contributed by atoms with Crippen molar-refractivity contribution in [2.45, 2.75) is 76.2 Å². The third-order valence-corrected chi connectivity index (χ3v) is 6.25. The van der Waals surface area contributed by atoms with Crippen LogP contribution in [0.1, 0.15) is 45.1 Å². The van der Waals surface area contributed by atoms with Gasteiger partial charge in [0.25, 0.3) is 0 Å². The van der Waals surface area contributed by atoms with Crippen LogP contribution in [0, 0.1) is 5.92 Å². The largest absolute Gasteiger partial charge is 0.481 e. The molecule has 0 aliphatic heterocycles. The lowest BCUT2D eigenvalue weighted by molar-refractivity contribution is -0.143. The first kappa shape index (κ1) is 36.5. The van der Waals surface area contributed by atoms with E-state index in [1.165, 1.54) is 0 Å². The minimum absolute atomic E-state index is 0.0690. The number of aliphatic carboxylic acids is 3. The molecule has 0 saturated carbocycles. The standard InChI is InChI=1S/C27H39N5O11/c1-14(2)22(27(42)43)32-25(40)18(12-15-6-4-3-5-7-15)30-26(41)19(13-33)31-24(39)17(9-11-21(36)37)29-23(38)16(28)8-10-20(34)35/h3-7,14,16-19,22,33H,8-13,28H2,1-2H3,(H,29,38)(H,30,41)(H,31,39)(H,32,40)(H,34,35)(H,36,37)(H,42,43)/t16-,17-,18-,19-,22-/m0/s1. The summed E-state index contributed by atoms with van der Waals surface area (Å²) in [5, 5.41) is 46.4. The van der Waals surface area contributed by atoms with Crippen molar-refractivity contribution >= 4 is 41.5 Å². The van der Waals surface area contributed by atoms with Gasteiger partial charge in [-0.15, -0.1) is 0 Å². The molecule has 0 aromatic heterocycles. The number of carbonyl (C=O) groups excluding carboxylic acids is 4. The van der Waals surface area contributed by atoms with Crippen LogP contribution in [-0.4, -0.2) is 98.8 Å². The van der Waals surface area contributed by atoms with Crippen molar-refractivity contribution in [1.82, 2.24) is 21.3 Å². The number of benzene rings is 1. The van der Waals surface area contributed by atoms with Gasteiger partial charge in [0.2, 0.25) is 23.6 Å². The smallest absolute Gasteiger partial charge is 0.326 e. The average molecular weight is 610 g/mol. The summed E-state index contributed by atoms with van der Waals surface area (Å²) in [5.41, 5.74) is 6.27. The summed E-state index contributed by atoms with van der Waals surface area (Å²) in [6, 6.07) is 1.35. The van der Waals surface area contributed by atoms with E-state index in [2.05, 4.69) is 21.3 Å². The van der Waals surface area contributed by atoms with E-state index in [0.717, 1.165) is 0 Å². The first-order valence-electron chi connectivity index (χ1n) is 13.4. The van der Waals surface area contributed by atoms with E-state index in [1.807, 2.05) is 0 Å². The number of hydrogen-bond donors (Lipinski definition) is 9. The molecule has 0 unspecified atom stereocenters. The first-order chi connectivity index (χ1) is 20.2. The molecule has 0 aliphatic carbocycles. The van der Waals surface area contributed by atoms with Crippen molar-refractivity contribution in [3.05, 3.63) is 35.9 Å². The van der Waals surface area contributed by atoms with Gasteiger partial charge in [-0.25, -0.2) is 4.79 Å². The lowest BCUT2D eigenvalue weighted by Gasteiger charge is -2.26. The number of aliphatic hydroxyl groups excluding tert-OH is 1. The molecule has 43 heavy (non-hydrogen) atoms. The zero-order chi connectivity index (χ0) is 32.7. The number of hydrogen-bond acceptors (Lipinski definition) is 9. The van der Waals surface area contributed by atoms with Crippen LogP contribution in [0.4, 0.5) is 0 Å². The van der Waals surface area contributed by atoms with E-state index in [1.54, 1.807) is 44.2 Å². The fourth-order valence-corrected chi connectivity index (χ4v) is 3.79. The first-order valence-corrected chi connectivity index (χ1v) is 13.4. The normalized spacial score (nSPS) is 14.3. The molecule has 0 spiro atoms. The van der Waals surface area contributed by atoms with Gasteiger partial charge >= 0.3 is 17.9 Å².